The largest absolute Gasteiger partial charge is 0.481 e. The molecule has 1 heterocycles. The van der Waals surface area contributed by atoms with Crippen molar-refractivity contribution in [1.29, 1.82) is 0 Å². The molecule has 7 heteroatoms. The third-order valence-corrected chi connectivity index (χ3v) is 5.31. The molecule has 1 fully saturated rings. The van der Waals surface area contributed by atoms with Gasteiger partial charge in [-0.15, -0.1) is 11.8 Å². The molecule has 1 aliphatic rings. The van der Waals surface area contributed by atoms with Crippen LogP contribution < -0.4 is 0 Å². The summed E-state index contributed by atoms with van der Waals surface area (Å²) >= 11 is 7.20. The fourth-order valence-corrected chi connectivity index (χ4v) is 3.66. The number of benzene rings is 1. The third-order valence-electron chi connectivity index (χ3n) is 4.27. The molecule has 1 unspecified atom stereocenters. The summed E-state index contributed by atoms with van der Waals surface area (Å²) in [6, 6.07) is 7.30. The number of piperidine rings is 1. The summed E-state index contributed by atoms with van der Waals surface area (Å²) in [5, 5.41) is 19.5. The van der Waals surface area contributed by atoms with Crippen molar-refractivity contribution < 1.29 is 19.8 Å². The number of hydrogen-bond acceptors (Lipinski definition) is 4. The Kier molecular flexibility index (Phi) is 9.42. The number of hydrogen-bond donors (Lipinski definition) is 2. The SMILES string of the molecule is O=C(O)CSCC#CCN1C(=O)CCC[C@@H]1/C=C/C(O)Cc1cccc(Cl)c1. The second kappa shape index (κ2) is 11.8. The van der Waals surface area contributed by atoms with Crippen LogP contribution >= 0.6 is 23.4 Å². The van der Waals surface area contributed by atoms with Gasteiger partial charge in [0.1, 0.15) is 0 Å². The molecule has 0 saturated carbocycles. The van der Waals surface area contributed by atoms with Crippen LogP contribution in [-0.4, -0.2) is 57.2 Å². The molecule has 2 atom stereocenters. The zero-order chi connectivity index (χ0) is 20.4. The van der Waals surface area contributed by atoms with Crippen LogP contribution in [0.5, 0.6) is 0 Å². The van der Waals surface area contributed by atoms with Crippen molar-refractivity contribution in [2.24, 2.45) is 0 Å². The molecule has 5 nitrogen and oxygen atoms in total. The van der Waals surface area contributed by atoms with Gasteiger partial charge in [0, 0.05) is 17.9 Å². The predicted molar refractivity (Wildman–Crippen MR) is 112 cm³/mol. The van der Waals surface area contributed by atoms with E-state index in [9.17, 15) is 14.7 Å². The third kappa shape index (κ3) is 7.97. The normalized spacial score (nSPS) is 18.0. The molecular formula is C21H24ClNO4S. The van der Waals surface area contributed by atoms with Gasteiger partial charge in [-0.2, -0.15) is 0 Å². The van der Waals surface area contributed by atoms with E-state index in [1.807, 2.05) is 24.3 Å². The van der Waals surface area contributed by atoms with Crippen LogP contribution in [0.1, 0.15) is 24.8 Å². The van der Waals surface area contributed by atoms with E-state index in [2.05, 4.69) is 11.8 Å². The molecule has 1 aliphatic heterocycles. The van der Waals surface area contributed by atoms with E-state index in [0.717, 1.165) is 18.4 Å². The number of nitrogens with zero attached hydrogens (tertiary/aromatic N) is 1. The van der Waals surface area contributed by atoms with Gasteiger partial charge in [-0.05, 0) is 30.5 Å². The summed E-state index contributed by atoms with van der Waals surface area (Å²) in [6.07, 6.45) is 5.57. The van der Waals surface area contributed by atoms with Crippen molar-refractivity contribution in [1.82, 2.24) is 4.90 Å². The lowest BCUT2D eigenvalue weighted by molar-refractivity contribution is -0.135. The Labute approximate surface area is 174 Å². The molecule has 0 aromatic heterocycles. The van der Waals surface area contributed by atoms with E-state index < -0.39 is 12.1 Å². The number of halogens is 1. The van der Waals surface area contributed by atoms with Crippen molar-refractivity contribution in [2.75, 3.05) is 18.1 Å². The average Bonchev–Trinajstić information content (AvgIpc) is 2.64. The summed E-state index contributed by atoms with van der Waals surface area (Å²) in [5.74, 6) is 5.49. The van der Waals surface area contributed by atoms with Gasteiger partial charge in [0.25, 0.3) is 0 Å². The molecule has 1 saturated heterocycles. The number of rotatable bonds is 8. The minimum Gasteiger partial charge on any atom is -0.481 e. The molecule has 1 aromatic carbocycles. The molecule has 0 radical (unpaired) electrons. The zero-order valence-electron chi connectivity index (χ0n) is 15.5. The lowest BCUT2D eigenvalue weighted by Crippen LogP contribution is -2.42. The lowest BCUT2D eigenvalue weighted by atomic mass is 9.99. The topological polar surface area (TPSA) is 77.8 Å². The van der Waals surface area contributed by atoms with Crippen LogP contribution in [0, 0.1) is 11.8 Å². The van der Waals surface area contributed by atoms with Gasteiger partial charge in [-0.25, -0.2) is 0 Å². The number of carboxylic acids is 1. The number of amides is 1. The lowest BCUT2D eigenvalue weighted by Gasteiger charge is -2.32. The van der Waals surface area contributed by atoms with Gasteiger partial charge in [-0.1, -0.05) is 47.7 Å². The first-order valence-electron chi connectivity index (χ1n) is 9.11. The van der Waals surface area contributed by atoms with Gasteiger partial charge in [0.15, 0.2) is 0 Å². The molecule has 1 amide bonds. The Morgan fingerprint density at radius 3 is 3.00 bits per heavy atom. The molecular weight excluding hydrogens is 398 g/mol. The summed E-state index contributed by atoms with van der Waals surface area (Å²) in [6.45, 7) is 0.311. The smallest absolute Gasteiger partial charge is 0.313 e. The summed E-state index contributed by atoms with van der Waals surface area (Å²) in [5.41, 5.74) is 0.950. The number of likely N-dealkylation sites (tertiary alicyclic amines) is 1. The number of aliphatic hydroxyl groups is 1. The maximum atomic E-state index is 12.3. The minimum absolute atomic E-state index is 0.0210. The summed E-state index contributed by atoms with van der Waals surface area (Å²) in [7, 11) is 0. The second-order valence-corrected chi connectivity index (χ2v) is 7.93. The van der Waals surface area contributed by atoms with Crippen LogP contribution in [0.2, 0.25) is 5.02 Å². The van der Waals surface area contributed by atoms with Gasteiger partial charge in [-0.3, -0.25) is 9.59 Å². The molecule has 28 heavy (non-hydrogen) atoms. The van der Waals surface area contributed by atoms with E-state index in [-0.39, 0.29) is 17.7 Å². The number of carboxylic acid groups (broad SMARTS) is 1. The number of aliphatic hydroxyl groups excluding tert-OH is 1. The highest BCUT2D eigenvalue weighted by molar-refractivity contribution is 8.00. The van der Waals surface area contributed by atoms with E-state index >= 15 is 0 Å². The van der Waals surface area contributed by atoms with E-state index in [1.54, 1.807) is 17.0 Å². The van der Waals surface area contributed by atoms with Gasteiger partial charge >= 0.3 is 5.97 Å². The van der Waals surface area contributed by atoms with E-state index in [4.69, 9.17) is 16.7 Å². The van der Waals surface area contributed by atoms with Crippen LogP contribution in [0.4, 0.5) is 0 Å². The first-order valence-corrected chi connectivity index (χ1v) is 10.6. The molecule has 2 N–H and O–H groups in total. The molecule has 2 rings (SSSR count). The van der Waals surface area contributed by atoms with Crippen molar-refractivity contribution in [3.63, 3.8) is 0 Å². The zero-order valence-corrected chi connectivity index (χ0v) is 17.1. The highest BCUT2D eigenvalue weighted by Crippen LogP contribution is 2.19. The standard InChI is InChI=1S/C21H24ClNO4S/c22-17-6-3-5-16(13-17)14-19(24)10-9-18-7-4-8-20(25)23(18)11-1-2-12-28-15-21(26)27/h3,5-6,9-10,13,18-19,24H,4,7-8,11-12,14-15H2,(H,26,27)/b10-9+/t18-,19?/m1/s1. The monoisotopic (exact) mass is 421 g/mol. The molecule has 0 bridgehead atoms. The Hall–Kier alpha value is -1.94. The average molecular weight is 422 g/mol. The highest BCUT2D eigenvalue weighted by atomic mass is 35.5. The summed E-state index contributed by atoms with van der Waals surface area (Å²) in [4.78, 5) is 24.4. The van der Waals surface area contributed by atoms with E-state index in [1.165, 1.54) is 11.8 Å². The van der Waals surface area contributed by atoms with Crippen molar-refractivity contribution in [3.8, 4) is 11.8 Å². The minimum atomic E-state index is -0.862. The number of carbonyl (C=O) groups is 2. The maximum absolute atomic E-state index is 12.3. The maximum Gasteiger partial charge on any atom is 0.313 e. The fourth-order valence-electron chi connectivity index (χ4n) is 2.96. The molecule has 0 spiro atoms. The number of aliphatic carboxylic acids is 1. The fraction of sp³-hybridized carbons (Fsp3) is 0.429. The van der Waals surface area contributed by atoms with E-state index in [0.29, 0.717) is 30.2 Å². The first kappa shape index (κ1) is 22.4. The predicted octanol–water partition coefficient (Wildman–Crippen LogP) is 3.00. The van der Waals surface area contributed by atoms with Crippen molar-refractivity contribution in [2.45, 2.75) is 37.8 Å². The first-order chi connectivity index (χ1) is 13.5. The second-order valence-electron chi connectivity index (χ2n) is 6.51. The van der Waals surface area contributed by atoms with Crippen LogP contribution in [-0.2, 0) is 16.0 Å². The Balaban J connectivity index is 1.89. The number of thioether (sulfide) groups is 1. The van der Waals surface area contributed by atoms with Crippen molar-refractivity contribution in [3.05, 3.63) is 47.0 Å². The molecule has 150 valence electrons. The van der Waals surface area contributed by atoms with Gasteiger partial charge in [0.05, 0.1) is 30.2 Å². The van der Waals surface area contributed by atoms with Crippen LogP contribution in [0.15, 0.2) is 36.4 Å². The van der Waals surface area contributed by atoms with Crippen LogP contribution in [0.25, 0.3) is 0 Å². The quantitative estimate of drug-likeness (QED) is 0.383. The Morgan fingerprint density at radius 2 is 2.25 bits per heavy atom. The van der Waals surface area contributed by atoms with Crippen LogP contribution in [0.3, 0.4) is 0 Å². The summed E-state index contributed by atoms with van der Waals surface area (Å²) < 4.78 is 0. The van der Waals surface area contributed by atoms with Crippen molar-refractivity contribution >= 4 is 35.2 Å². The Bertz CT molecular complexity index is 771. The highest BCUT2D eigenvalue weighted by Gasteiger charge is 2.25. The van der Waals surface area contributed by atoms with Gasteiger partial charge in [0.2, 0.25) is 5.91 Å². The Morgan fingerprint density at radius 1 is 1.43 bits per heavy atom. The molecule has 0 aliphatic carbocycles. The molecule has 1 aromatic rings. The van der Waals surface area contributed by atoms with Gasteiger partial charge < -0.3 is 15.1 Å². The number of carbonyl (C=O) groups excluding carboxylic acids is 1.